The van der Waals surface area contributed by atoms with E-state index in [4.69, 9.17) is 21.1 Å². The number of hydrogen-bond donors (Lipinski definition) is 1. The first kappa shape index (κ1) is 16.5. The van der Waals surface area contributed by atoms with Crippen LogP contribution in [0.1, 0.15) is 17.2 Å². The van der Waals surface area contributed by atoms with E-state index in [9.17, 15) is 0 Å². The van der Waals surface area contributed by atoms with E-state index in [-0.39, 0.29) is 6.04 Å². The maximum absolute atomic E-state index is 6.38. The molecule has 1 aliphatic heterocycles. The molecule has 0 saturated carbocycles. The Morgan fingerprint density at radius 3 is 2.65 bits per heavy atom. The predicted octanol–water partition coefficient (Wildman–Crippen LogP) is 4.00. The fourth-order valence-corrected chi connectivity index (χ4v) is 3.28. The van der Waals surface area contributed by atoms with Crippen LogP contribution in [0.4, 0.5) is 5.95 Å². The van der Waals surface area contributed by atoms with E-state index in [2.05, 4.69) is 21.5 Å². The molecule has 2 aromatic carbocycles. The molecular weight excluding hydrogens is 352 g/mol. The molecule has 1 aliphatic rings. The number of anilines is 1. The topological polar surface area (TPSA) is 61.2 Å². The Morgan fingerprint density at radius 2 is 1.88 bits per heavy atom. The molecule has 0 aliphatic carbocycles. The molecule has 1 atom stereocenters. The lowest BCUT2D eigenvalue weighted by atomic mass is 10.0. The van der Waals surface area contributed by atoms with E-state index in [1.165, 1.54) is 6.33 Å². The van der Waals surface area contributed by atoms with Gasteiger partial charge in [-0.3, -0.25) is 0 Å². The van der Waals surface area contributed by atoms with Crippen LogP contribution in [0.2, 0.25) is 5.02 Å². The SMILES string of the molecule is COc1ccc([C@H]2C=C(c3ccccc3Cl)Nc3ncnn32)cc1OC. The van der Waals surface area contributed by atoms with Gasteiger partial charge < -0.3 is 14.8 Å². The van der Waals surface area contributed by atoms with Gasteiger partial charge in [-0.15, -0.1) is 0 Å². The average Bonchev–Trinajstić information content (AvgIpc) is 3.15. The molecule has 0 spiro atoms. The Morgan fingerprint density at radius 1 is 1.08 bits per heavy atom. The molecule has 0 saturated heterocycles. The van der Waals surface area contributed by atoms with Gasteiger partial charge in [0.05, 0.1) is 14.2 Å². The molecule has 0 bridgehead atoms. The first-order chi connectivity index (χ1) is 12.7. The molecule has 3 aromatic rings. The third kappa shape index (κ3) is 2.78. The monoisotopic (exact) mass is 368 g/mol. The summed E-state index contributed by atoms with van der Waals surface area (Å²) in [7, 11) is 3.24. The summed E-state index contributed by atoms with van der Waals surface area (Å²) in [6, 6.07) is 13.4. The summed E-state index contributed by atoms with van der Waals surface area (Å²) in [4.78, 5) is 4.32. The second-order valence-electron chi connectivity index (χ2n) is 5.77. The quantitative estimate of drug-likeness (QED) is 0.754. The zero-order chi connectivity index (χ0) is 18.1. The Labute approximate surface area is 156 Å². The van der Waals surface area contributed by atoms with Crippen molar-refractivity contribution in [3.63, 3.8) is 0 Å². The van der Waals surface area contributed by atoms with Crippen molar-refractivity contribution in [2.45, 2.75) is 6.04 Å². The van der Waals surface area contributed by atoms with Crippen LogP contribution in [0.3, 0.4) is 0 Å². The van der Waals surface area contributed by atoms with Gasteiger partial charge in [0.1, 0.15) is 12.4 Å². The molecule has 1 N–H and O–H groups in total. The Bertz CT molecular complexity index is 983. The maximum Gasteiger partial charge on any atom is 0.226 e. The van der Waals surface area contributed by atoms with Gasteiger partial charge >= 0.3 is 0 Å². The number of fused-ring (bicyclic) bond motifs is 1. The fraction of sp³-hybridized carbons (Fsp3) is 0.158. The number of halogens is 1. The average molecular weight is 369 g/mol. The number of hydrogen-bond acceptors (Lipinski definition) is 5. The highest BCUT2D eigenvalue weighted by molar-refractivity contribution is 6.32. The number of nitrogens with one attached hydrogen (secondary N) is 1. The van der Waals surface area contributed by atoms with Crippen molar-refractivity contribution in [3.05, 3.63) is 71.0 Å². The molecule has 0 fully saturated rings. The van der Waals surface area contributed by atoms with Gasteiger partial charge in [0, 0.05) is 16.3 Å². The summed E-state index contributed by atoms with van der Waals surface area (Å²) in [6.07, 6.45) is 3.60. The van der Waals surface area contributed by atoms with Gasteiger partial charge in [0.15, 0.2) is 11.5 Å². The number of benzene rings is 2. The van der Waals surface area contributed by atoms with Crippen LogP contribution in [0.15, 0.2) is 54.9 Å². The lowest BCUT2D eigenvalue weighted by Gasteiger charge is -2.25. The number of nitrogens with zero attached hydrogens (tertiary/aromatic N) is 3. The van der Waals surface area contributed by atoms with Crippen molar-refractivity contribution in [2.75, 3.05) is 19.5 Å². The summed E-state index contributed by atoms with van der Waals surface area (Å²) in [5, 5.41) is 8.32. The molecule has 0 radical (unpaired) electrons. The molecule has 2 heterocycles. The maximum atomic E-state index is 6.38. The van der Waals surface area contributed by atoms with Crippen molar-refractivity contribution in [3.8, 4) is 11.5 Å². The Kier molecular flexibility index (Phi) is 4.26. The summed E-state index contributed by atoms with van der Waals surface area (Å²) in [5.74, 6) is 2.00. The largest absolute Gasteiger partial charge is 0.493 e. The third-order valence-electron chi connectivity index (χ3n) is 4.32. The predicted molar refractivity (Wildman–Crippen MR) is 101 cm³/mol. The van der Waals surface area contributed by atoms with Crippen molar-refractivity contribution in [2.24, 2.45) is 0 Å². The highest BCUT2D eigenvalue weighted by Gasteiger charge is 2.25. The smallest absolute Gasteiger partial charge is 0.226 e. The van der Waals surface area contributed by atoms with E-state index < -0.39 is 0 Å². The first-order valence-electron chi connectivity index (χ1n) is 8.06. The minimum atomic E-state index is -0.153. The molecule has 1 aromatic heterocycles. The summed E-state index contributed by atoms with van der Waals surface area (Å²) >= 11 is 6.38. The number of aromatic nitrogens is 3. The minimum Gasteiger partial charge on any atom is -0.493 e. The van der Waals surface area contributed by atoms with Gasteiger partial charge in [-0.25, -0.2) is 4.68 Å². The van der Waals surface area contributed by atoms with Crippen molar-refractivity contribution >= 4 is 23.2 Å². The minimum absolute atomic E-state index is 0.153. The fourth-order valence-electron chi connectivity index (χ4n) is 3.04. The Hall–Kier alpha value is -2.99. The van der Waals surface area contributed by atoms with Crippen molar-refractivity contribution in [1.29, 1.82) is 0 Å². The van der Waals surface area contributed by atoms with Gasteiger partial charge in [0.2, 0.25) is 5.95 Å². The first-order valence-corrected chi connectivity index (χ1v) is 8.44. The molecular formula is C19H17ClN4O2. The number of rotatable bonds is 4. The Balaban J connectivity index is 1.83. The van der Waals surface area contributed by atoms with E-state index >= 15 is 0 Å². The number of allylic oxidation sites excluding steroid dienone is 1. The molecule has 0 unspecified atom stereocenters. The highest BCUT2D eigenvalue weighted by atomic mass is 35.5. The molecule has 26 heavy (non-hydrogen) atoms. The van der Waals surface area contributed by atoms with Crippen LogP contribution >= 0.6 is 11.6 Å². The van der Waals surface area contributed by atoms with Crippen LogP contribution in [-0.2, 0) is 0 Å². The standard InChI is InChI=1S/C19H17ClN4O2/c1-25-17-8-7-12(9-18(17)26-2)16-10-15(13-5-3-4-6-14(13)20)23-19-21-11-22-24(16)19/h3-11,16H,1-2H3,(H,21,22,23)/t16-/m1/s1. The van der Waals surface area contributed by atoms with Crippen LogP contribution in [0.5, 0.6) is 11.5 Å². The van der Waals surface area contributed by atoms with Gasteiger partial charge in [-0.1, -0.05) is 35.9 Å². The van der Waals surface area contributed by atoms with E-state index in [0.29, 0.717) is 22.5 Å². The summed E-state index contributed by atoms with van der Waals surface area (Å²) in [5.41, 5.74) is 2.80. The van der Waals surface area contributed by atoms with Crippen LogP contribution in [0.25, 0.3) is 5.70 Å². The molecule has 7 heteroatoms. The summed E-state index contributed by atoms with van der Waals surface area (Å²) in [6.45, 7) is 0. The lowest BCUT2D eigenvalue weighted by Crippen LogP contribution is -2.20. The zero-order valence-electron chi connectivity index (χ0n) is 14.3. The van der Waals surface area contributed by atoms with Crippen LogP contribution < -0.4 is 14.8 Å². The zero-order valence-corrected chi connectivity index (χ0v) is 15.1. The normalized spacial score (nSPS) is 15.7. The van der Waals surface area contributed by atoms with Crippen LogP contribution in [-0.4, -0.2) is 29.0 Å². The van der Waals surface area contributed by atoms with E-state index in [1.807, 2.05) is 47.1 Å². The van der Waals surface area contributed by atoms with Crippen LogP contribution in [0, 0.1) is 0 Å². The number of methoxy groups -OCH3 is 2. The number of ether oxygens (including phenoxy) is 2. The van der Waals surface area contributed by atoms with E-state index in [0.717, 1.165) is 16.8 Å². The van der Waals surface area contributed by atoms with Crippen molar-refractivity contribution < 1.29 is 9.47 Å². The summed E-state index contributed by atoms with van der Waals surface area (Å²) < 4.78 is 12.6. The van der Waals surface area contributed by atoms with Crippen molar-refractivity contribution in [1.82, 2.24) is 14.8 Å². The third-order valence-corrected chi connectivity index (χ3v) is 4.65. The molecule has 0 amide bonds. The molecule has 132 valence electrons. The second-order valence-corrected chi connectivity index (χ2v) is 6.18. The molecule has 6 nitrogen and oxygen atoms in total. The second kappa shape index (κ2) is 6.72. The van der Waals surface area contributed by atoms with Gasteiger partial charge in [-0.2, -0.15) is 10.1 Å². The van der Waals surface area contributed by atoms with Gasteiger partial charge in [0.25, 0.3) is 0 Å². The van der Waals surface area contributed by atoms with Gasteiger partial charge in [-0.05, 0) is 29.8 Å². The highest BCUT2D eigenvalue weighted by Crippen LogP contribution is 2.37. The lowest BCUT2D eigenvalue weighted by molar-refractivity contribution is 0.354. The molecule has 4 rings (SSSR count). The van der Waals surface area contributed by atoms with E-state index in [1.54, 1.807) is 14.2 Å².